The van der Waals surface area contributed by atoms with E-state index in [2.05, 4.69) is 0 Å². The first-order valence-electron chi connectivity index (χ1n) is 3.89. The monoisotopic (exact) mass is 169 g/mol. The van der Waals surface area contributed by atoms with Gasteiger partial charge in [-0.15, -0.1) is 0 Å². The number of benzene rings is 1. The summed E-state index contributed by atoms with van der Waals surface area (Å²) in [4.78, 5) is 0. The van der Waals surface area contributed by atoms with Crippen LogP contribution in [0.25, 0.3) is 0 Å². The molecule has 0 aliphatic carbocycles. The molecule has 2 nitrogen and oxygen atoms in total. The van der Waals surface area contributed by atoms with Crippen LogP contribution in [0, 0.1) is 5.82 Å². The number of halogens is 1. The molecule has 66 valence electrons. The van der Waals surface area contributed by atoms with Gasteiger partial charge in [0.15, 0.2) is 11.6 Å². The van der Waals surface area contributed by atoms with Gasteiger partial charge >= 0.3 is 0 Å². The molecule has 0 aliphatic heterocycles. The van der Waals surface area contributed by atoms with Gasteiger partial charge in [0.05, 0.1) is 6.61 Å². The zero-order valence-corrected chi connectivity index (χ0v) is 7.01. The molecule has 0 radical (unpaired) electrons. The Labute approximate surface area is 71.1 Å². The van der Waals surface area contributed by atoms with Crippen molar-refractivity contribution in [2.24, 2.45) is 5.73 Å². The molecule has 0 atom stereocenters. The average Bonchev–Trinajstić information content (AvgIpc) is 2.09. The molecule has 1 rings (SSSR count). The summed E-state index contributed by atoms with van der Waals surface area (Å²) in [7, 11) is 0. The van der Waals surface area contributed by atoms with Crippen LogP contribution in [0.15, 0.2) is 18.2 Å². The van der Waals surface area contributed by atoms with Crippen molar-refractivity contribution in [3.05, 3.63) is 29.6 Å². The summed E-state index contributed by atoms with van der Waals surface area (Å²) in [6.07, 6.45) is 0. The minimum absolute atomic E-state index is 0.287. The van der Waals surface area contributed by atoms with E-state index in [1.54, 1.807) is 12.1 Å². The summed E-state index contributed by atoms with van der Waals surface area (Å²) in [5.74, 6) is -0.0606. The number of ether oxygens (including phenoxy) is 1. The summed E-state index contributed by atoms with van der Waals surface area (Å²) in [5.41, 5.74) is 6.11. The Morgan fingerprint density at radius 1 is 1.50 bits per heavy atom. The Bertz CT molecular complexity index is 263. The lowest BCUT2D eigenvalue weighted by molar-refractivity contribution is 0.321. The van der Waals surface area contributed by atoms with Crippen molar-refractivity contribution in [2.45, 2.75) is 13.5 Å². The van der Waals surface area contributed by atoms with Crippen LogP contribution in [0.4, 0.5) is 4.39 Å². The van der Waals surface area contributed by atoms with Crippen molar-refractivity contribution in [3.8, 4) is 5.75 Å². The van der Waals surface area contributed by atoms with Crippen LogP contribution in [0.5, 0.6) is 5.75 Å². The highest BCUT2D eigenvalue weighted by molar-refractivity contribution is 5.29. The highest BCUT2D eigenvalue weighted by Gasteiger charge is 2.02. The Morgan fingerprint density at radius 3 is 2.75 bits per heavy atom. The average molecular weight is 169 g/mol. The van der Waals surface area contributed by atoms with E-state index in [0.717, 1.165) is 5.56 Å². The second-order valence-electron chi connectivity index (χ2n) is 2.40. The van der Waals surface area contributed by atoms with E-state index in [1.165, 1.54) is 6.07 Å². The molecular formula is C9H12FNO. The van der Waals surface area contributed by atoms with Crippen LogP contribution < -0.4 is 10.5 Å². The van der Waals surface area contributed by atoms with Gasteiger partial charge in [-0.3, -0.25) is 0 Å². The van der Waals surface area contributed by atoms with Crippen molar-refractivity contribution < 1.29 is 9.13 Å². The third-order valence-corrected chi connectivity index (χ3v) is 1.53. The maximum absolute atomic E-state index is 13.0. The molecule has 0 spiro atoms. The number of rotatable bonds is 3. The molecule has 0 saturated heterocycles. The topological polar surface area (TPSA) is 35.2 Å². The predicted octanol–water partition coefficient (Wildman–Crippen LogP) is 1.68. The summed E-state index contributed by atoms with van der Waals surface area (Å²) < 4.78 is 18.1. The first kappa shape index (κ1) is 9.00. The summed E-state index contributed by atoms with van der Waals surface area (Å²) in [6.45, 7) is 2.64. The van der Waals surface area contributed by atoms with Crippen LogP contribution >= 0.6 is 0 Å². The lowest BCUT2D eigenvalue weighted by Gasteiger charge is -2.04. The molecule has 0 aromatic heterocycles. The summed E-state index contributed by atoms with van der Waals surface area (Å²) in [5, 5.41) is 0. The molecule has 0 amide bonds. The minimum Gasteiger partial charge on any atom is -0.491 e. The molecule has 2 N–H and O–H groups in total. The molecular weight excluding hydrogens is 157 g/mol. The highest BCUT2D eigenvalue weighted by Crippen LogP contribution is 2.17. The number of hydrogen-bond donors (Lipinski definition) is 1. The van der Waals surface area contributed by atoms with Gasteiger partial charge in [0.1, 0.15) is 0 Å². The SMILES string of the molecule is CCOc1ccc(CN)cc1F. The summed E-state index contributed by atoms with van der Waals surface area (Å²) >= 11 is 0. The quantitative estimate of drug-likeness (QED) is 0.747. The molecule has 0 unspecified atom stereocenters. The normalized spacial score (nSPS) is 9.92. The Morgan fingerprint density at radius 2 is 2.25 bits per heavy atom. The van der Waals surface area contributed by atoms with E-state index < -0.39 is 0 Å². The highest BCUT2D eigenvalue weighted by atomic mass is 19.1. The van der Waals surface area contributed by atoms with Crippen molar-refractivity contribution in [1.82, 2.24) is 0 Å². The third-order valence-electron chi connectivity index (χ3n) is 1.53. The predicted molar refractivity (Wildman–Crippen MR) is 45.5 cm³/mol. The lowest BCUT2D eigenvalue weighted by Crippen LogP contribution is -1.99. The molecule has 1 aromatic carbocycles. The zero-order chi connectivity index (χ0) is 8.97. The van der Waals surface area contributed by atoms with Crippen LogP contribution in [0.2, 0.25) is 0 Å². The second-order valence-corrected chi connectivity index (χ2v) is 2.40. The maximum Gasteiger partial charge on any atom is 0.165 e. The molecule has 3 heteroatoms. The Hall–Kier alpha value is -1.09. The van der Waals surface area contributed by atoms with Gasteiger partial charge in [-0.2, -0.15) is 0 Å². The van der Waals surface area contributed by atoms with Gasteiger partial charge in [-0.1, -0.05) is 6.07 Å². The van der Waals surface area contributed by atoms with Gasteiger partial charge < -0.3 is 10.5 Å². The Kier molecular flexibility index (Phi) is 3.05. The molecule has 1 aromatic rings. The van der Waals surface area contributed by atoms with Gasteiger partial charge in [-0.25, -0.2) is 4.39 Å². The van der Waals surface area contributed by atoms with E-state index in [1.807, 2.05) is 6.92 Å². The maximum atomic E-state index is 13.0. The van der Waals surface area contributed by atoms with Crippen LogP contribution in [0.3, 0.4) is 0 Å². The van der Waals surface area contributed by atoms with Crippen molar-refractivity contribution in [2.75, 3.05) is 6.61 Å². The van der Waals surface area contributed by atoms with E-state index >= 15 is 0 Å². The minimum atomic E-state index is -0.347. The van der Waals surface area contributed by atoms with Gasteiger partial charge in [0.2, 0.25) is 0 Å². The Balaban J connectivity index is 2.87. The molecule has 0 fully saturated rings. The van der Waals surface area contributed by atoms with Crippen LogP contribution in [-0.4, -0.2) is 6.61 Å². The number of hydrogen-bond acceptors (Lipinski definition) is 2. The first-order valence-corrected chi connectivity index (χ1v) is 3.89. The molecule has 0 saturated carbocycles. The summed E-state index contributed by atoms with van der Waals surface area (Å²) in [6, 6.07) is 4.75. The second kappa shape index (κ2) is 4.07. The van der Waals surface area contributed by atoms with Gasteiger partial charge in [0, 0.05) is 6.54 Å². The third kappa shape index (κ3) is 1.95. The van der Waals surface area contributed by atoms with E-state index in [4.69, 9.17) is 10.5 Å². The number of nitrogens with two attached hydrogens (primary N) is 1. The fourth-order valence-electron chi connectivity index (χ4n) is 0.944. The van der Waals surface area contributed by atoms with Crippen LogP contribution in [-0.2, 0) is 6.54 Å². The fraction of sp³-hybridized carbons (Fsp3) is 0.333. The van der Waals surface area contributed by atoms with Gasteiger partial charge in [0.25, 0.3) is 0 Å². The van der Waals surface area contributed by atoms with Crippen LogP contribution in [0.1, 0.15) is 12.5 Å². The lowest BCUT2D eigenvalue weighted by atomic mass is 10.2. The molecule has 0 heterocycles. The largest absolute Gasteiger partial charge is 0.491 e. The molecule has 0 aliphatic rings. The standard InChI is InChI=1S/C9H12FNO/c1-2-12-9-4-3-7(6-11)5-8(9)10/h3-5H,2,6,11H2,1H3. The fourth-order valence-corrected chi connectivity index (χ4v) is 0.944. The molecule has 0 bridgehead atoms. The zero-order valence-electron chi connectivity index (χ0n) is 7.01. The van der Waals surface area contributed by atoms with Crippen molar-refractivity contribution in [3.63, 3.8) is 0 Å². The first-order chi connectivity index (χ1) is 5.77. The van der Waals surface area contributed by atoms with E-state index in [0.29, 0.717) is 13.2 Å². The van der Waals surface area contributed by atoms with E-state index in [9.17, 15) is 4.39 Å². The van der Waals surface area contributed by atoms with E-state index in [-0.39, 0.29) is 11.6 Å². The molecule has 12 heavy (non-hydrogen) atoms. The smallest absolute Gasteiger partial charge is 0.165 e. The van der Waals surface area contributed by atoms with Crippen molar-refractivity contribution in [1.29, 1.82) is 0 Å². The van der Waals surface area contributed by atoms with Crippen molar-refractivity contribution >= 4 is 0 Å². The van der Waals surface area contributed by atoms with Gasteiger partial charge in [-0.05, 0) is 24.6 Å².